The quantitative estimate of drug-likeness (QED) is 0.884. The second-order valence-electron chi connectivity index (χ2n) is 5.02. The van der Waals surface area contributed by atoms with Crippen molar-refractivity contribution in [3.05, 3.63) is 24.3 Å². The number of rotatable bonds is 4. The molecule has 20 heavy (non-hydrogen) atoms. The SMILES string of the molecule is COc1cccc(NC(=O)NCC2COC(C)(C)O2)c1. The first-order chi connectivity index (χ1) is 9.48. The number of amides is 2. The van der Waals surface area contributed by atoms with Crippen molar-refractivity contribution >= 4 is 11.7 Å². The van der Waals surface area contributed by atoms with Gasteiger partial charge in [0.05, 0.1) is 13.7 Å². The summed E-state index contributed by atoms with van der Waals surface area (Å²) >= 11 is 0. The van der Waals surface area contributed by atoms with E-state index in [4.69, 9.17) is 14.2 Å². The van der Waals surface area contributed by atoms with E-state index >= 15 is 0 Å². The highest BCUT2D eigenvalue weighted by atomic mass is 16.7. The third kappa shape index (κ3) is 4.11. The number of urea groups is 1. The van der Waals surface area contributed by atoms with Gasteiger partial charge in [0.1, 0.15) is 11.9 Å². The lowest BCUT2D eigenvalue weighted by Gasteiger charge is -2.17. The van der Waals surface area contributed by atoms with E-state index in [1.54, 1.807) is 19.2 Å². The van der Waals surface area contributed by atoms with Crippen LogP contribution in [0.5, 0.6) is 5.75 Å². The molecule has 2 amide bonds. The van der Waals surface area contributed by atoms with E-state index in [9.17, 15) is 4.79 Å². The summed E-state index contributed by atoms with van der Waals surface area (Å²) in [5, 5.41) is 5.49. The van der Waals surface area contributed by atoms with Crippen molar-refractivity contribution in [2.45, 2.75) is 25.7 Å². The van der Waals surface area contributed by atoms with Gasteiger partial charge < -0.3 is 24.8 Å². The fourth-order valence-electron chi connectivity index (χ4n) is 1.95. The van der Waals surface area contributed by atoms with Gasteiger partial charge in [0.15, 0.2) is 5.79 Å². The lowest BCUT2D eigenvalue weighted by atomic mass is 10.3. The van der Waals surface area contributed by atoms with Crippen molar-refractivity contribution in [1.29, 1.82) is 0 Å². The number of methoxy groups -OCH3 is 1. The Morgan fingerprint density at radius 1 is 1.50 bits per heavy atom. The minimum atomic E-state index is -0.574. The molecular formula is C14H20N2O4. The zero-order valence-electron chi connectivity index (χ0n) is 11.9. The number of nitrogens with one attached hydrogen (secondary N) is 2. The first-order valence-electron chi connectivity index (χ1n) is 6.49. The molecule has 0 radical (unpaired) electrons. The van der Waals surface area contributed by atoms with Gasteiger partial charge in [-0.3, -0.25) is 0 Å². The molecule has 0 spiro atoms. The number of benzene rings is 1. The van der Waals surface area contributed by atoms with E-state index in [2.05, 4.69) is 10.6 Å². The van der Waals surface area contributed by atoms with Gasteiger partial charge in [-0.2, -0.15) is 0 Å². The molecule has 0 aliphatic carbocycles. The molecule has 1 aliphatic rings. The molecule has 1 aromatic carbocycles. The van der Waals surface area contributed by atoms with E-state index in [1.165, 1.54) is 0 Å². The molecule has 1 fully saturated rings. The Morgan fingerprint density at radius 2 is 2.30 bits per heavy atom. The Morgan fingerprint density at radius 3 is 2.95 bits per heavy atom. The van der Waals surface area contributed by atoms with Gasteiger partial charge in [-0.25, -0.2) is 4.79 Å². The van der Waals surface area contributed by atoms with Crippen LogP contribution in [0.4, 0.5) is 10.5 Å². The summed E-state index contributed by atoms with van der Waals surface area (Å²) in [5.74, 6) is 0.118. The second-order valence-corrected chi connectivity index (χ2v) is 5.02. The van der Waals surface area contributed by atoms with E-state index in [0.717, 1.165) is 0 Å². The van der Waals surface area contributed by atoms with Crippen molar-refractivity contribution in [3.63, 3.8) is 0 Å². The Kier molecular flexibility index (Phi) is 4.46. The largest absolute Gasteiger partial charge is 0.497 e. The van der Waals surface area contributed by atoms with Gasteiger partial charge in [-0.1, -0.05) is 6.07 Å². The fraction of sp³-hybridized carbons (Fsp3) is 0.500. The number of ether oxygens (including phenoxy) is 3. The van der Waals surface area contributed by atoms with Gasteiger partial charge in [-0.15, -0.1) is 0 Å². The predicted octanol–water partition coefficient (Wildman–Crippen LogP) is 1.97. The standard InChI is InChI=1S/C14H20N2O4/c1-14(2)19-9-12(20-14)8-15-13(17)16-10-5-4-6-11(7-10)18-3/h4-7,12H,8-9H2,1-3H3,(H2,15,16,17). The van der Waals surface area contributed by atoms with Crippen LogP contribution in [-0.2, 0) is 9.47 Å². The molecule has 1 atom stereocenters. The summed E-state index contributed by atoms with van der Waals surface area (Å²) < 4.78 is 16.1. The molecule has 0 saturated carbocycles. The van der Waals surface area contributed by atoms with Crippen LogP contribution in [0.3, 0.4) is 0 Å². The molecule has 0 bridgehead atoms. The van der Waals surface area contributed by atoms with Crippen LogP contribution >= 0.6 is 0 Å². The first-order valence-corrected chi connectivity index (χ1v) is 6.49. The van der Waals surface area contributed by atoms with Crippen molar-refractivity contribution in [1.82, 2.24) is 5.32 Å². The summed E-state index contributed by atoms with van der Waals surface area (Å²) in [7, 11) is 1.58. The Bertz CT molecular complexity index is 476. The molecule has 1 aromatic rings. The van der Waals surface area contributed by atoms with Crippen LogP contribution in [-0.4, -0.2) is 38.2 Å². The van der Waals surface area contributed by atoms with Crippen LogP contribution in [0.25, 0.3) is 0 Å². The molecule has 6 nitrogen and oxygen atoms in total. The average molecular weight is 280 g/mol. The van der Waals surface area contributed by atoms with E-state index in [0.29, 0.717) is 24.6 Å². The van der Waals surface area contributed by atoms with Gasteiger partial charge in [0.25, 0.3) is 0 Å². The summed E-state index contributed by atoms with van der Waals surface area (Å²) in [4.78, 5) is 11.8. The minimum absolute atomic E-state index is 0.124. The number of hydrogen-bond acceptors (Lipinski definition) is 4. The van der Waals surface area contributed by atoms with E-state index < -0.39 is 5.79 Å². The minimum Gasteiger partial charge on any atom is -0.497 e. The van der Waals surface area contributed by atoms with Crippen LogP contribution in [0, 0.1) is 0 Å². The number of carbonyl (C=O) groups excluding carboxylic acids is 1. The Balaban J connectivity index is 1.78. The average Bonchev–Trinajstić information content (AvgIpc) is 2.76. The third-order valence-electron chi connectivity index (χ3n) is 2.89. The first kappa shape index (κ1) is 14.6. The van der Waals surface area contributed by atoms with E-state index in [-0.39, 0.29) is 12.1 Å². The van der Waals surface area contributed by atoms with Gasteiger partial charge >= 0.3 is 6.03 Å². The van der Waals surface area contributed by atoms with Gasteiger partial charge in [0.2, 0.25) is 0 Å². The maximum absolute atomic E-state index is 11.8. The van der Waals surface area contributed by atoms with Crippen LogP contribution in [0.2, 0.25) is 0 Å². The van der Waals surface area contributed by atoms with Crippen LogP contribution in [0.1, 0.15) is 13.8 Å². The van der Waals surface area contributed by atoms with E-state index in [1.807, 2.05) is 26.0 Å². The molecule has 1 saturated heterocycles. The van der Waals surface area contributed by atoms with Crippen LogP contribution < -0.4 is 15.4 Å². The number of carbonyl (C=O) groups is 1. The normalized spacial score (nSPS) is 20.4. The van der Waals surface area contributed by atoms with Crippen molar-refractivity contribution < 1.29 is 19.0 Å². The summed E-state index contributed by atoms with van der Waals surface area (Å²) in [6.45, 7) is 4.58. The molecule has 1 heterocycles. The molecular weight excluding hydrogens is 260 g/mol. The lowest BCUT2D eigenvalue weighted by molar-refractivity contribution is -0.137. The number of hydrogen-bond donors (Lipinski definition) is 2. The highest BCUT2D eigenvalue weighted by Crippen LogP contribution is 2.21. The van der Waals surface area contributed by atoms with Crippen molar-refractivity contribution in [2.75, 3.05) is 25.6 Å². The fourth-order valence-corrected chi connectivity index (χ4v) is 1.95. The smallest absolute Gasteiger partial charge is 0.319 e. The molecule has 6 heteroatoms. The maximum atomic E-state index is 11.8. The zero-order valence-corrected chi connectivity index (χ0v) is 11.9. The zero-order chi connectivity index (χ0) is 14.6. The summed E-state index contributed by atoms with van der Waals surface area (Å²) in [6, 6.07) is 6.88. The van der Waals surface area contributed by atoms with Crippen molar-refractivity contribution in [2.24, 2.45) is 0 Å². The molecule has 2 N–H and O–H groups in total. The highest BCUT2D eigenvalue weighted by molar-refractivity contribution is 5.89. The summed E-state index contributed by atoms with van der Waals surface area (Å²) in [6.07, 6.45) is -0.124. The molecule has 1 unspecified atom stereocenters. The molecule has 0 aromatic heterocycles. The Hall–Kier alpha value is -1.79. The molecule has 2 rings (SSSR count). The Labute approximate surface area is 118 Å². The number of anilines is 1. The van der Waals surface area contributed by atoms with Gasteiger partial charge in [-0.05, 0) is 26.0 Å². The maximum Gasteiger partial charge on any atom is 0.319 e. The topological polar surface area (TPSA) is 68.8 Å². The third-order valence-corrected chi connectivity index (χ3v) is 2.89. The molecule has 110 valence electrons. The predicted molar refractivity (Wildman–Crippen MR) is 74.9 cm³/mol. The van der Waals surface area contributed by atoms with Crippen LogP contribution in [0.15, 0.2) is 24.3 Å². The lowest BCUT2D eigenvalue weighted by Crippen LogP contribution is -2.37. The van der Waals surface area contributed by atoms with Gasteiger partial charge in [0, 0.05) is 18.3 Å². The summed E-state index contributed by atoms with van der Waals surface area (Å²) in [5.41, 5.74) is 0.672. The van der Waals surface area contributed by atoms with Crippen molar-refractivity contribution in [3.8, 4) is 5.75 Å². The molecule has 1 aliphatic heterocycles. The second kappa shape index (κ2) is 6.11. The monoisotopic (exact) mass is 280 g/mol. The highest BCUT2D eigenvalue weighted by Gasteiger charge is 2.32.